The third kappa shape index (κ3) is 2.90. The number of rotatable bonds is 3. The van der Waals surface area contributed by atoms with E-state index in [1.165, 1.54) is 18.2 Å². The van der Waals surface area contributed by atoms with Crippen LogP contribution in [0, 0.1) is 17.1 Å². The van der Waals surface area contributed by atoms with Crippen molar-refractivity contribution in [3.8, 4) is 6.07 Å². The molecule has 0 aliphatic heterocycles. The van der Waals surface area contributed by atoms with Gasteiger partial charge in [-0.25, -0.2) is 4.39 Å². The predicted molar refractivity (Wildman–Crippen MR) is 78.2 cm³/mol. The number of nitriles is 1. The van der Waals surface area contributed by atoms with Crippen LogP contribution in [0.2, 0.25) is 5.02 Å². The highest BCUT2D eigenvalue weighted by Crippen LogP contribution is 2.26. The van der Waals surface area contributed by atoms with E-state index in [-0.39, 0.29) is 10.0 Å². The molecule has 0 saturated carbocycles. The maximum Gasteiger partial charge on any atom is 0.187 e. The summed E-state index contributed by atoms with van der Waals surface area (Å²) in [6.07, 6.45) is 0. The van der Waals surface area contributed by atoms with Crippen LogP contribution in [0.3, 0.4) is 0 Å². The van der Waals surface area contributed by atoms with Gasteiger partial charge in [0.2, 0.25) is 0 Å². The molecule has 0 bridgehead atoms. The minimum Gasteiger partial charge on any atom is -0.292 e. The number of halogens is 3. The molecule has 2 aromatic carbocycles. The Balaban J connectivity index is 2.45. The van der Waals surface area contributed by atoms with Gasteiger partial charge in [-0.1, -0.05) is 29.8 Å². The molecule has 0 aliphatic rings. The van der Waals surface area contributed by atoms with Crippen LogP contribution in [-0.2, 0) is 0 Å². The van der Waals surface area contributed by atoms with Gasteiger partial charge in [-0.05, 0) is 45.8 Å². The summed E-state index contributed by atoms with van der Waals surface area (Å²) in [6.45, 7) is 0. The Morgan fingerprint density at radius 1 is 1.30 bits per heavy atom. The lowest BCUT2D eigenvalue weighted by Gasteiger charge is -2.10. The fourth-order valence-electron chi connectivity index (χ4n) is 1.82. The summed E-state index contributed by atoms with van der Waals surface area (Å²) < 4.78 is 14.1. The third-order valence-electron chi connectivity index (χ3n) is 2.79. The molecule has 0 fully saturated rings. The molecule has 0 aromatic heterocycles. The van der Waals surface area contributed by atoms with Gasteiger partial charge >= 0.3 is 0 Å². The number of carbonyl (C=O) groups excluding carboxylic acids is 1. The first-order chi connectivity index (χ1) is 9.54. The third-order valence-corrected chi connectivity index (χ3v) is 3.64. The summed E-state index contributed by atoms with van der Waals surface area (Å²) in [4.78, 5) is 12.3. The fourth-order valence-corrected chi connectivity index (χ4v) is 2.39. The van der Waals surface area contributed by atoms with Crippen LogP contribution in [0.1, 0.15) is 21.8 Å². The molecule has 2 rings (SSSR count). The van der Waals surface area contributed by atoms with Crippen LogP contribution in [0.4, 0.5) is 4.39 Å². The molecule has 1 atom stereocenters. The number of hydrogen-bond donors (Lipinski definition) is 0. The normalized spacial score (nSPS) is 11.7. The first-order valence-corrected chi connectivity index (χ1v) is 6.85. The van der Waals surface area contributed by atoms with E-state index in [1.54, 1.807) is 24.3 Å². The van der Waals surface area contributed by atoms with E-state index in [4.69, 9.17) is 11.6 Å². The van der Waals surface area contributed by atoms with E-state index in [0.717, 1.165) is 0 Å². The first-order valence-electron chi connectivity index (χ1n) is 5.68. The molecule has 100 valence electrons. The Labute approximate surface area is 128 Å². The van der Waals surface area contributed by atoms with E-state index in [0.29, 0.717) is 10.6 Å². The molecule has 0 amide bonds. The van der Waals surface area contributed by atoms with Gasteiger partial charge < -0.3 is 0 Å². The highest BCUT2D eigenvalue weighted by atomic mass is 79.9. The van der Waals surface area contributed by atoms with Crippen molar-refractivity contribution in [1.29, 1.82) is 5.26 Å². The molecule has 1 unspecified atom stereocenters. The van der Waals surface area contributed by atoms with Crippen molar-refractivity contribution in [3.05, 3.63) is 68.9 Å². The van der Waals surface area contributed by atoms with Crippen molar-refractivity contribution < 1.29 is 9.18 Å². The summed E-state index contributed by atoms with van der Waals surface area (Å²) >= 11 is 8.87. The van der Waals surface area contributed by atoms with Crippen LogP contribution in [0.25, 0.3) is 0 Å². The quantitative estimate of drug-likeness (QED) is 0.749. The van der Waals surface area contributed by atoms with Gasteiger partial charge in [0.15, 0.2) is 5.78 Å². The average molecular weight is 353 g/mol. The van der Waals surface area contributed by atoms with E-state index in [2.05, 4.69) is 15.9 Å². The molecule has 0 spiro atoms. The molecule has 0 aliphatic carbocycles. The van der Waals surface area contributed by atoms with Crippen LogP contribution in [0.5, 0.6) is 0 Å². The molecule has 2 aromatic rings. The first kappa shape index (κ1) is 14.7. The molecule has 5 heteroatoms. The minimum atomic E-state index is -1.09. The summed E-state index contributed by atoms with van der Waals surface area (Å²) in [6, 6.07) is 12.7. The van der Waals surface area contributed by atoms with Gasteiger partial charge in [-0.2, -0.15) is 5.26 Å². The fraction of sp³-hybridized carbons (Fsp3) is 0.0667. The topological polar surface area (TPSA) is 40.9 Å². The Hall–Kier alpha value is -1.70. The lowest BCUT2D eigenvalue weighted by Crippen LogP contribution is -2.13. The number of carbonyl (C=O) groups is 1. The molecule has 2 nitrogen and oxygen atoms in total. The van der Waals surface area contributed by atoms with E-state index >= 15 is 0 Å². The SMILES string of the molecule is N#CC(C(=O)c1cccc(Br)c1F)c1cccc(Cl)c1. The number of nitrogens with zero attached hydrogens (tertiary/aromatic N) is 1. The second kappa shape index (κ2) is 6.17. The Bertz CT molecular complexity index is 711. The molecule has 0 radical (unpaired) electrons. The number of hydrogen-bond acceptors (Lipinski definition) is 2. The molecular formula is C15H8BrClFNO. The zero-order chi connectivity index (χ0) is 14.7. The van der Waals surface area contributed by atoms with E-state index < -0.39 is 17.5 Å². The highest BCUT2D eigenvalue weighted by molar-refractivity contribution is 9.10. The van der Waals surface area contributed by atoms with Crippen molar-refractivity contribution >= 4 is 33.3 Å². The molecule has 20 heavy (non-hydrogen) atoms. The monoisotopic (exact) mass is 351 g/mol. The number of Topliss-reactive ketones (excluding diaryl/α,β-unsaturated/α-hetero) is 1. The average Bonchev–Trinajstić information content (AvgIpc) is 2.42. The van der Waals surface area contributed by atoms with Crippen LogP contribution in [0.15, 0.2) is 46.9 Å². The summed E-state index contributed by atoms with van der Waals surface area (Å²) in [7, 11) is 0. The van der Waals surface area contributed by atoms with Crippen LogP contribution >= 0.6 is 27.5 Å². The van der Waals surface area contributed by atoms with Gasteiger partial charge in [0.1, 0.15) is 11.7 Å². The molecule has 0 N–H and O–H groups in total. The molecular weight excluding hydrogens is 345 g/mol. The van der Waals surface area contributed by atoms with Crippen molar-refractivity contribution in [1.82, 2.24) is 0 Å². The van der Waals surface area contributed by atoms with Gasteiger partial charge in [0, 0.05) is 5.02 Å². The minimum absolute atomic E-state index is 0.120. The van der Waals surface area contributed by atoms with Crippen molar-refractivity contribution in [3.63, 3.8) is 0 Å². The smallest absolute Gasteiger partial charge is 0.187 e. The number of ketones is 1. The highest BCUT2D eigenvalue weighted by Gasteiger charge is 2.25. The number of benzene rings is 2. The predicted octanol–water partition coefficient (Wildman–Crippen LogP) is 4.73. The lowest BCUT2D eigenvalue weighted by molar-refractivity contribution is 0.0975. The Morgan fingerprint density at radius 2 is 2.00 bits per heavy atom. The van der Waals surface area contributed by atoms with Gasteiger partial charge in [-0.15, -0.1) is 0 Å². The van der Waals surface area contributed by atoms with Crippen molar-refractivity contribution in [2.45, 2.75) is 5.92 Å². The molecule has 0 saturated heterocycles. The summed E-state index contributed by atoms with van der Waals surface area (Å²) in [5.41, 5.74) is 0.329. The standard InChI is InChI=1S/C15H8BrClFNO/c16-13-6-2-5-11(14(13)18)15(20)12(8-19)9-3-1-4-10(17)7-9/h1-7,12H. The van der Waals surface area contributed by atoms with Crippen molar-refractivity contribution in [2.75, 3.05) is 0 Å². The second-order valence-corrected chi connectivity index (χ2v) is 5.37. The maximum absolute atomic E-state index is 13.9. The largest absolute Gasteiger partial charge is 0.292 e. The van der Waals surface area contributed by atoms with Gasteiger partial charge in [0.25, 0.3) is 0 Å². The Kier molecular flexibility index (Phi) is 4.53. The lowest BCUT2D eigenvalue weighted by atomic mass is 9.91. The maximum atomic E-state index is 13.9. The van der Waals surface area contributed by atoms with Crippen molar-refractivity contribution in [2.24, 2.45) is 0 Å². The summed E-state index contributed by atoms with van der Waals surface area (Å²) in [5.74, 6) is -2.34. The zero-order valence-corrected chi connectivity index (χ0v) is 12.5. The van der Waals surface area contributed by atoms with E-state index in [9.17, 15) is 14.4 Å². The zero-order valence-electron chi connectivity index (χ0n) is 10.1. The van der Waals surface area contributed by atoms with Crippen LogP contribution in [-0.4, -0.2) is 5.78 Å². The van der Waals surface area contributed by atoms with E-state index in [1.807, 2.05) is 6.07 Å². The Morgan fingerprint density at radius 3 is 2.65 bits per heavy atom. The van der Waals surface area contributed by atoms with Crippen LogP contribution < -0.4 is 0 Å². The van der Waals surface area contributed by atoms with Gasteiger partial charge in [-0.3, -0.25) is 4.79 Å². The second-order valence-electron chi connectivity index (χ2n) is 4.08. The summed E-state index contributed by atoms with van der Waals surface area (Å²) in [5, 5.41) is 9.64. The molecule has 0 heterocycles. The van der Waals surface area contributed by atoms with Gasteiger partial charge in [0.05, 0.1) is 16.1 Å².